The van der Waals surface area contributed by atoms with Gasteiger partial charge in [-0.15, -0.1) is 0 Å². The molecule has 4 nitrogen and oxygen atoms in total. The molecule has 19 heavy (non-hydrogen) atoms. The summed E-state index contributed by atoms with van der Waals surface area (Å²) in [7, 11) is 0. The van der Waals surface area contributed by atoms with Crippen molar-refractivity contribution in [3.63, 3.8) is 0 Å². The lowest BCUT2D eigenvalue weighted by Gasteiger charge is -2.28. The highest BCUT2D eigenvalue weighted by atomic mass is 32.1. The van der Waals surface area contributed by atoms with Crippen molar-refractivity contribution in [1.82, 2.24) is 14.5 Å². The van der Waals surface area contributed by atoms with Crippen molar-refractivity contribution in [2.75, 3.05) is 13.2 Å². The molecule has 1 aliphatic rings. The minimum Gasteiger partial charge on any atom is -0.381 e. The molecular weight excluding hydrogens is 258 g/mol. The number of pyridine rings is 1. The number of nitrogens with one attached hydrogen (secondary N) is 1. The predicted molar refractivity (Wildman–Crippen MR) is 77.9 cm³/mol. The fraction of sp³-hybridized carbons (Fsp3) is 0.571. The molecule has 0 aliphatic carbocycles. The molecule has 0 bridgehead atoms. The number of nitrogens with zero attached hydrogens (tertiary/aromatic N) is 2. The van der Waals surface area contributed by atoms with Crippen molar-refractivity contribution in [2.45, 2.75) is 32.7 Å². The standard InChI is InChI=1S/C14H19N3OS/c1-9-7-12-13(15-8-9)17(14(19)16-12)10(2)11-3-5-18-6-4-11/h7-8,10-11H,3-6H2,1-2H3,(H,16,19). The topological polar surface area (TPSA) is 42.8 Å². The van der Waals surface area contributed by atoms with Crippen molar-refractivity contribution < 1.29 is 4.74 Å². The van der Waals surface area contributed by atoms with Gasteiger partial charge in [-0.1, -0.05) is 0 Å². The maximum atomic E-state index is 5.48. The Morgan fingerprint density at radius 2 is 2.21 bits per heavy atom. The number of imidazole rings is 1. The van der Waals surface area contributed by atoms with Gasteiger partial charge in [-0.25, -0.2) is 4.98 Å². The quantitative estimate of drug-likeness (QED) is 0.856. The minimum atomic E-state index is 0.361. The van der Waals surface area contributed by atoms with E-state index in [1.54, 1.807) is 0 Å². The Balaban J connectivity index is 2.03. The summed E-state index contributed by atoms with van der Waals surface area (Å²) in [4.78, 5) is 7.82. The Morgan fingerprint density at radius 1 is 1.47 bits per heavy atom. The zero-order valence-electron chi connectivity index (χ0n) is 11.3. The molecule has 2 aromatic rings. The molecule has 5 heteroatoms. The molecule has 0 radical (unpaired) electrons. The van der Waals surface area contributed by atoms with E-state index in [0.29, 0.717) is 12.0 Å². The molecule has 2 aromatic heterocycles. The minimum absolute atomic E-state index is 0.361. The second-order valence-electron chi connectivity index (χ2n) is 5.37. The summed E-state index contributed by atoms with van der Waals surface area (Å²) in [5.41, 5.74) is 3.15. The van der Waals surface area contributed by atoms with E-state index < -0.39 is 0 Å². The van der Waals surface area contributed by atoms with Crippen LogP contribution in [0, 0.1) is 17.6 Å². The fourth-order valence-corrected chi connectivity index (χ4v) is 3.27. The van der Waals surface area contributed by atoms with Gasteiger partial charge in [0.2, 0.25) is 0 Å². The van der Waals surface area contributed by atoms with Gasteiger partial charge in [0, 0.05) is 25.5 Å². The Hall–Kier alpha value is -1.20. The summed E-state index contributed by atoms with van der Waals surface area (Å²) < 4.78 is 8.38. The van der Waals surface area contributed by atoms with Crippen LogP contribution in [0.3, 0.4) is 0 Å². The second-order valence-corrected chi connectivity index (χ2v) is 5.76. The molecule has 0 spiro atoms. The molecule has 1 aliphatic heterocycles. The van der Waals surface area contributed by atoms with E-state index in [-0.39, 0.29) is 0 Å². The van der Waals surface area contributed by atoms with Crippen molar-refractivity contribution in [3.05, 3.63) is 22.6 Å². The SMILES string of the molecule is Cc1cnc2c(c1)[nH]c(=S)n2C(C)C1CCOCC1. The van der Waals surface area contributed by atoms with Crippen LogP contribution in [0.5, 0.6) is 0 Å². The Morgan fingerprint density at radius 3 is 2.95 bits per heavy atom. The van der Waals surface area contributed by atoms with E-state index in [9.17, 15) is 0 Å². The van der Waals surface area contributed by atoms with Crippen LogP contribution < -0.4 is 0 Å². The Labute approximate surface area is 117 Å². The van der Waals surface area contributed by atoms with Crippen LogP contribution in [0.25, 0.3) is 11.2 Å². The molecule has 3 rings (SSSR count). The van der Waals surface area contributed by atoms with Crippen LogP contribution in [-0.2, 0) is 4.74 Å². The van der Waals surface area contributed by atoms with Crippen molar-refractivity contribution in [2.24, 2.45) is 5.92 Å². The largest absolute Gasteiger partial charge is 0.381 e. The van der Waals surface area contributed by atoms with Crippen LogP contribution in [0.4, 0.5) is 0 Å². The number of hydrogen-bond donors (Lipinski definition) is 1. The van der Waals surface area contributed by atoms with Gasteiger partial charge >= 0.3 is 0 Å². The predicted octanol–water partition coefficient (Wildman–Crippen LogP) is 3.39. The number of aromatic amines is 1. The van der Waals surface area contributed by atoms with Crippen LogP contribution in [0.2, 0.25) is 0 Å². The lowest BCUT2D eigenvalue weighted by molar-refractivity contribution is 0.0516. The zero-order valence-corrected chi connectivity index (χ0v) is 12.2. The van der Waals surface area contributed by atoms with E-state index in [1.807, 2.05) is 13.1 Å². The van der Waals surface area contributed by atoms with Crippen molar-refractivity contribution >= 4 is 23.4 Å². The number of ether oxygens (including phenoxy) is 1. The van der Waals surface area contributed by atoms with Gasteiger partial charge in [0.05, 0.1) is 5.52 Å². The molecule has 0 saturated carbocycles. The van der Waals surface area contributed by atoms with Crippen LogP contribution in [-0.4, -0.2) is 27.7 Å². The fourth-order valence-electron chi connectivity index (χ4n) is 2.90. The van der Waals surface area contributed by atoms with E-state index >= 15 is 0 Å². The first-order valence-electron chi connectivity index (χ1n) is 6.81. The molecule has 1 saturated heterocycles. The lowest BCUT2D eigenvalue weighted by Crippen LogP contribution is -2.24. The first-order chi connectivity index (χ1) is 9.16. The first-order valence-corrected chi connectivity index (χ1v) is 7.22. The van der Waals surface area contributed by atoms with Gasteiger partial charge in [0.25, 0.3) is 0 Å². The van der Waals surface area contributed by atoms with Crippen LogP contribution in [0.15, 0.2) is 12.3 Å². The third-order valence-corrected chi connectivity index (χ3v) is 4.35. The summed E-state index contributed by atoms with van der Waals surface area (Å²) in [6.45, 7) is 6.00. The Bertz CT molecular complexity index is 640. The zero-order chi connectivity index (χ0) is 13.4. The highest BCUT2D eigenvalue weighted by molar-refractivity contribution is 7.71. The molecule has 1 N–H and O–H groups in total. The molecule has 0 amide bonds. The highest BCUT2D eigenvalue weighted by Crippen LogP contribution is 2.30. The van der Waals surface area contributed by atoms with Gasteiger partial charge in [-0.05, 0) is 56.5 Å². The molecule has 102 valence electrons. The third kappa shape index (κ3) is 2.32. The van der Waals surface area contributed by atoms with Gasteiger partial charge < -0.3 is 9.72 Å². The third-order valence-electron chi connectivity index (χ3n) is 4.05. The van der Waals surface area contributed by atoms with E-state index in [4.69, 9.17) is 17.0 Å². The smallest absolute Gasteiger partial charge is 0.179 e. The monoisotopic (exact) mass is 277 g/mol. The van der Waals surface area contributed by atoms with Gasteiger partial charge in [0.15, 0.2) is 10.4 Å². The van der Waals surface area contributed by atoms with E-state index in [1.165, 1.54) is 0 Å². The Kier molecular flexibility index (Phi) is 3.41. The van der Waals surface area contributed by atoms with Gasteiger partial charge in [-0.2, -0.15) is 0 Å². The summed E-state index contributed by atoms with van der Waals surface area (Å²) in [5, 5.41) is 0. The maximum absolute atomic E-state index is 5.48. The average Bonchev–Trinajstić information content (AvgIpc) is 2.74. The normalized spacial score (nSPS) is 18.8. The number of hydrogen-bond acceptors (Lipinski definition) is 3. The molecular formula is C14H19N3OS. The number of H-pyrrole nitrogens is 1. The van der Waals surface area contributed by atoms with Crippen LogP contribution in [0.1, 0.15) is 31.4 Å². The summed E-state index contributed by atoms with van der Waals surface area (Å²) in [6, 6.07) is 2.46. The number of fused-ring (bicyclic) bond motifs is 1. The molecule has 3 heterocycles. The van der Waals surface area contributed by atoms with Crippen LogP contribution >= 0.6 is 12.2 Å². The van der Waals surface area contributed by atoms with Gasteiger partial charge in [-0.3, -0.25) is 4.57 Å². The van der Waals surface area contributed by atoms with E-state index in [0.717, 1.165) is 47.6 Å². The van der Waals surface area contributed by atoms with Crippen molar-refractivity contribution in [1.29, 1.82) is 0 Å². The summed E-state index contributed by atoms with van der Waals surface area (Å²) in [6.07, 6.45) is 4.10. The summed E-state index contributed by atoms with van der Waals surface area (Å²) in [5.74, 6) is 0.613. The molecule has 1 atom stereocenters. The molecule has 0 aromatic carbocycles. The average molecular weight is 277 g/mol. The molecule has 1 unspecified atom stereocenters. The summed E-state index contributed by atoms with van der Waals surface area (Å²) >= 11 is 5.48. The number of aromatic nitrogens is 3. The van der Waals surface area contributed by atoms with Crippen molar-refractivity contribution in [3.8, 4) is 0 Å². The second kappa shape index (κ2) is 5.06. The number of rotatable bonds is 2. The maximum Gasteiger partial charge on any atom is 0.179 e. The van der Waals surface area contributed by atoms with Gasteiger partial charge in [0.1, 0.15) is 0 Å². The number of aryl methyl sites for hydroxylation is 1. The lowest BCUT2D eigenvalue weighted by atomic mass is 9.93. The van der Waals surface area contributed by atoms with E-state index in [2.05, 4.69) is 27.5 Å². The highest BCUT2D eigenvalue weighted by Gasteiger charge is 2.24. The first kappa shape index (κ1) is 12.8. The molecule has 1 fully saturated rings.